The highest BCUT2D eigenvalue weighted by atomic mass is 14.9. The molecule has 1 atom stereocenters. The molecule has 0 aromatic heterocycles. The standard InChI is InChI=1S/C12H23N/c1-6-7-11(4)13-12(5)9-8-10(2)3/h6,10-11,13H,1,5,7-9H2,2-4H3. The van der Waals surface area contributed by atoms with Crippen LogP contribution in [0.25, 0.3) is 0 Å². The molecule has 0 aliphatic heterocycles. The molecule has 1 N–H and O–H groups in total. The molecule has 1 unspecified atom stereocenters. The van der Waals surface area contributed by atoms with Gasteiger partial charge in [0, 0.05) is 11.7 Å². The molecule has 1 heteroatoms. The molecule has 0 heterocycles. The van der Waals surface area contributed by atoms with Gasteiger partial charge < -0.3 is 5.32 Å². The van der Waals surface area contributed by atoms with E-state index in [4.69, 9.17) is 0 Å². The summed E-state index contributed by atoms with van der Waals surface area (Å²) in [6, 6.07) is 0.470. The van der Waals surface area contributed by atoms with Crippen molar-refractivity contribution in [3.8, 4) is 0 Å². The van der Waals surface area contributed by atoms with Crippen LogP contribution in [0.2, 0.25) is 0 Å². The summed E-state index contributed by atoms with van der Waals surface area (Å²) in [6.07, 6.45) is 5.24. The van der Waals surface area contributed by atoms with Gasteiger partial charge in [0.1, 0.15) is 0 Å². The smallest absolute Gasteiger partial charge is 0.0264 e. The topological polar surface area (TPSA) is 12.0 Å². The van der Waals surface area contributed by atoms with E-state index < -0.39 is 0 Å². The van der Waals surface area contributed by atoms with Gasteiger partial charge in [-0.15, -0.1) is 6.58 Å². The molecule has 0 saturated heterocycles. The summed E-state index contributed by atoms with van der Waals surface area (Å²) in [5, 5.41) is 3.37. The van der Waals surface area contributed by atoms with Crippen molar-refractivity contribution in [3.05, 3.63) is 24.9 Å². The summed E-state index contributed by atoms with van der Waals surface area (Å²) in [5.41, 5.74) is 1.16. The quantitative estimate of drug-likeness (QED) is 0.593. The van der Waals surface area contributed by atoms with Crippen molar-refractivity contribution in [2.45, 2.75) is 46.1 Å². The number of allylic oxidation sites excluding steroid dienone is 1. The molecule has 0 bridgehead atoms. The summed E-state index contributed by atoms with van der Waals surface area (Å²) in [4.78, 5) is 0. The second kappa shape index (κ2) is 6.76. The third-order valence-electron chi connectivity index (χ3n) is 1.99. The van der Waals surface area contributed by atoms with Gasteiger partial charge in [0.15, 0.2) is 0 Å². The van der Waals surface area contributed by atoms with Crippen LogP contribution in [0.3, 0.4) is 0 Å². The van der Waals surface area contributed by atoms with Crippen LogP contribution in [-0.2, 0) is 0 Å². The van der Waals surface area contributed by atoms with E-state index in [0.29, 0.717) is 6.04 Å². The largest absolute Gasteiger partial charge is 0.386 e. The molecule has 0 aliphatic carbocycles. The van der Waals surface area contributed by atoms with Gasteiger partial charge in [-0.1, -0.05) is 26.5 Å². The Labute approximate surface area is 82.9 Å². The first-order valence-corrected chi connectivity index (χ1v) is 5.11. The van der Waals surface area contributed by atoms with Crippen LogP contribution in [0.5, 0.6) is 0 Å². The van der Waals surface area contributed by atoms with Crippen molar-refractivity contribution >= 4 is 0 Å². The van der Waals surface area contributed by atoms with Crippen LogP contribution in [-0.4, -0.2) is 6.04 Å². The van der Waals surface area contributed by atoms with Crippen molar-refractivity contribution in [2.24, 2.45) is 5.92 Å². The molecule has 13 heavy (non-hydrogen) atoms. The fraction of sp³-hybridized carbons (Fsp3) is 0.667. The molecular formula is C12H23N. The van der Waals surface area contributed by atoms with Crippen LogP contribution in [0.1, 0.15) is 40.0 Å². The van der Waals surface area contributed by atoms with E-state index in [1.165, 1.54) is 6.42 Å². The Morgan fingerprint density at radius 2 is 2.00 bits per heavy atom. The number of rotatable bonds is 7. The minimum absolute atomic E-state index is 0.470. The predicted octanol–water partition coefficient (Wildman–Crippen LogP) is 3.49. The molecule has 0 saturated carbocycles. The van der Waals surface area contributed by atoms with Gasteiger partial charge in [0.2, 0.25) is 0 Å². The predicted molar refractivity (Wildman–Crippen MR) is 60.6 cm³/mol. The van der Waals surface area contributed by atoms with Crippen LogP contribution in [0, 0.1) is 5.92 Å². The van der Waals surface area contributed by atoms with Gasteiger partial charge in [-0.25, -0.2) is 0 Å². The van der Waals surface area contributed by atoms with Crippen molar-refractivity contribution in [2.75, 3.05) is 0 Å². The lowest BCUT2D eigenvalue weighted by Gasteiger charge is -2.16. The molecule has 0 fully saturated rings. The maximum Gasteiger partial charge on any atom is 0.0264 e. The number of hydrogen-bond donors (Lipinski definition) is 1. The zero-order valence-corrected chi connectivity index (χ0v) is 9.27. The molecule has 0 radical (unpaired) electrons. The lowest BCUT2D eigenvalue weighted by Crippen LogP contribution is -2.24. The van der Waals surface area contributed by atoms with Gasteiger partial charge in [-0.3, -0.25) is 0 Å². The lowest BCUT2D eigenvalue weighted by atomic mass is 10.1. The van der Waals surface area contributed by atoms with Gasteiger partial charge in [-0.05, 0) is 32.1 Å². The van der Waals surface area contributed by atoms with Crippen LogP contribution < -0.4 is 5.32 Å². The summed E-state index contributed by atoms with van der Waals surface area (Å²) < 4.78 is 0. The second-order valence-electron chi connectivity index (χ2n) is 4.11. The Morgan fingerprint density at radius 3 is 2.46 bits per heavy atom. The summed E-state index contributed by atoms with van der Waals surface area (Å²) in [6.45, 7) is 14.3. The van der Waals surface area contributed by atoms with Gasteiger partial charge >= 0.3 is 0 Å². The number of nitrogens with one attached hydrogen (secondary N) is 1. The highest BCUT2D eigenvalue weighted by molar-refractivity contribution is 4.94. The van der Waals surface area contributed by atoms with E-state index in [1.54, 1.807) is 0 Å². The minimum Gasteiger partial charge on any atom is -0.386 e. The summed E-state index contributed by atoms with van der Waals surface area (Å²) in [5.74, 6) is 0.758. The molecule has 76 valence electrons. The summed E-state index contributed by atoms with van der Waals surface area (Å²) in [7, 11) is 0. The van der Waals surface area contributed by atoms with E-state index >= 15 is 0 Å². The highest BCUT2D eigenvalue weighted by Gasteiger charge is 2.01. The van der Waals surface area contributed by atoms with Gasteiger partial charge in [-0.2, -0.15) is 0 Å². The Morgan fingerprint density at radius 1 is 1.38 bits per heavy atom. The maximum atomic E-state index is 4.00. The normalized spacial score (nSPS) is 12.6. The van der Waals surface area contributed by atoms with E-state index in [2.05, 4.69) is 39.2 Å². The van der Waals surface area contributed by atoms with Crippen LogP contribution in [0.15, 0.2) is 24.9 Å². The third-order valence-corrected chi connectivity index (χ3v) is 1.99. The Hall–Kier alpha value is -0.720. The van der Waals surface area contributed by atoms with E-state index in [0.717, 1.165) is 24.5 Å². The van der Waals surface area contributed by atoms with Crippen molar-refractivity contribution in [1.29, 1.82) is 0 Å². The Balaban J connectivity index is 3.55. The van der Waals surface area contributed by atoms with E-state index in [9.17, 15) is 0 Å². The molecule has 0 spiro atoms. The molecular weight excluding hydrogens is 158 g/mol. The molecule has 0 aromatic carbocycles. The Bertz CT molecular complexity index is 159. The zero-order chi connectivity index (χ0) is 10.3. The molecule has 0 rings (SSSR count). The first-order chi connectivity index (χ1) is 6.06. The summed E-state index contributed by atoms with van der Waals surface area (Å²) >= 11 is 0. The van der Waals surface area contributed by atoms with Crippen molar-refractivity contribution in [3.63, 3.8) is 0 Å². The number of hydrogen-bond acceptors (Lipinski definition) is 1. The zero-order valence-electron chi connectivity index (χ0n) is 9.27. The van der Waals surface area contributed by atoms with Crippen molar-refractivity contribution in [1.82, 2.24) is 5.32 Å². The Kier molecular flexibility index (Phi) is 6.38. The van der Waals surface area contributed by atoms with E-state index in [-0.39, 0.29) is 0 Å². The van der Waals surface area contributed by atoms with Gasteiger partial charge in [0.05, 0.1) is 0 Å². The fourth-order valence-electron chi connectivity index (χ4n) is 1.19. The molecule has 0 aromatic rings. The monoisotopic (exact) mass is 181 g/mol. The van der Waals surface area contributed by atoms with Crippen LogP contribution >= 0.6 is 0 Å². The SMILES string of the molecule is C=CCC(C)NC(=C)CCC(C)C. The highest BCUT2D eigenvalue weighted by Crippen LogP contribution is 2.08. The molecule has 1 nitrogen and oxygen atoms in total. The maximum absolute atomic E-state index is 4.00. The average Bonchev–Trinajstić information content (AvgIpc) is 2.01. The molecule has 0 amide bonds. The third kappa shape index (κ3) is 7.63. The lowest BCUT2D eigenvalue weighted by molar-refractivity contribution is 0.541. The molecule has 0 aliphatic rings. The fourth-order valence-corrected chi connectivity index (χ4v) is 1.19. The van der Waals surface area contributed by atoms with Crippen molar-refractivity contribution < 1.29 is 0 Å². The van der Waals surface area contributed by atoms with Gasteiger partial charge in [0.25, 0.3) is 0 Å². The first-order valence-electron chi connectivity index (χ1n) is 5.11. The minimum atomic E-state index is 0.470. The average molecular weight is 181 g/mol. The van der Waals surface area contributed by atoms with Crippen LogP contribution in [0.4, 0.5) is 0 Å². The first kappa shape index (κ1) is 12.3. The van der Waals surface area contributed by atoms with E-state index in [1.807, 2.05) is 6.08 Å². The second-order valence-corrected chi connectivity index (χ2v) is 4.11.